The number of thioether (sulfide) groups is 1. The van der Waals surface area contributed by atoms with Crippen molar-refractivity contribution in [2.45, 2.75) is 17.9 Å². The Bertz CT molecular complexity index is 347. The number of nitrogens with two attached hydrogens (primary N) is 1. The van der Waals surface area contributed by atoms with E-state index in [0.29, 0.717) is 5.75 Å². The number of hydrogen-bond donors (Lipinski definition) is 1. The molecule has 3 nitrogen and oxygen atoms in total. The molecule has 2 N–H and O–H groups in total. The van der Waals surface area contributed by atoms with Gasteiger partial charge in [-0.05, 0) is 24.6 Å². The van der Waals surface area contributed by atoms with Crippen molar-refractivity contribution >= 4 is 17.7 Å². The first kappa shape index (κ1) is 13.1. The van der Waals surface area contributed by atoms with E-state index in [0.717, 1.165) is 10.5 Å². The molecule has 0 bridgehead atoms. The molecule has 0 aliphatic heterocycles. The molecule has 16 heavy (non-hydrogen) atoms. The van der Waals surface area contributed by atoms with E-state index in [2.05, 4.69) is 0 Å². The Hall–Kier alpha value is -1.00. The van der Waals surface area contributed by atoms with Crippen LogP contribution in [-0.2, 0) is 4.79 Å². The second kappa shape index (κ2) is 5.92. The fourth-order valence-corrected chi connectivity index (χ4v) is 2.02. The quantitative estimate of drug-likeness (QED) is 0.815. The van der Waals surface area contributed by atoms with Crippen LogP contribution in [0.15, 0.2) is 29.2 Å². The van der Waals surface area contributed by atoms with Gasteiger partial charge in [-0.3, -0.25) is 4.79 Å². The van der Waals surface area contributed by atoms with Crippen molar-refractivity contribution in [3.63, 3.8) is 0 Å². The van der Waals surface area contributed by atoms with Gasteiger partial charge in [0.25, 0.3) is 0 Å². The number of hydrogen-bond acceptors (Lipinski definition) is 3. The maximum Gasteiger partial charge on any atom is 0.232 e. The maximum atomic E-state index is 11.4. The molecule has 0 spiro atoms. The van der Waals surface area contributed by atoms with Crippen LogP contribution in [0.5, 0.6) is 0 Å². The molecule has 1 amide bonds. The van der Waals surface area contributed by atoms with E-state index in [4.69, 9.17) is 5.73 Å². The third-order valence-corrected chi connectivity index (χ3v) is 3.26. The molecule has 0 aliphatic rings. The van der Waals surface area contributed by atoms with Gasteiger partial charge in [0.1, 0.15) is 0 Å². The van der Waals surface area contributed by atoms with Crippen LogP contribution >= 0.6 is 11.8 Å². The van der Waals surface area contributed by atoms with Crippen LogP contribution in [0.25, 0.3) is 0 Å². The van der Waals surface area contributed by atoms with Crippen molar-refractivity contribution in [2.75, 3.05) is 19.8 Å². The van der Waals surface area contributed by atoms with Crippen molar-refractivity contribution < 1.29 is 4.79 Å². The van der Waals surface area contributed by atoms with Gasteiger partial charge in [0.05, 0.1) is 5.75 Å². The van der Waals surface area contributed by atoms with Crippen LogP contribution in [-0.4, -0.2) is 30.7 Å². The Morgan fingerprint density at radius 2 is 1.94 bits per heavy atom. The molecular formula is C12H18N2OS. The molecule has 0 radical (unpaired) electrons. The molecule has 1 aromatic carbocycles. The highest BCUT2D eigenvalue weighted by molar-refractivity contribution is 8.00. The van der Waals surface area contributed by atoms with Crippen LogP contribution in [0.3, 0.4) is 0 Å². The van der Waals surface area contributed by atoms with Gasteiger partial charge < -0.3 is 10.6 Å². The monoisotopic (exact) mass is 238 g/mol. The lowest BCUT2D eigenvalue weighted by Gasteiger charge is -2.10. The largest absolute Gasteiger partial charge is 0.348 e. The minimum absolute atomic E-state index is 0.0578. The fourth-order valence-electron chi connectivity index (χ4n) is 1.14. The SMILES string of the molecule is CC(N)c1ccc(SCC(=O)N(C)C)cc1. The Morgan fingerprint density at radius 3 is 2.38 bits per heavy atom. The number of carbonyl (C=O) groups is 1. The van der Waals surface area contributed by atoms with E-state index in [1.165, 1.54) is 0 Å². The highest BCUT2D eigenvalue weighted by Crippen LogP contribution is 2.20. The second-order valence-electron chi connectivity index (χ2n) is 3.93. The van der Waals surface area contributed by atoms with Crippen LogP contribution in [0.2, 0.25) is 0 Å². The summed E-state index contributed by atoms with van der Waals surface area (Å²) in [5.41, 5.74) is 6.87. The van der Waals surface area contributed by atoms with E-state index in [1.54, 1.807) is 30.8 Å². The summed E-state index contributed by atoms with van der Waals surface area (Å²) in [5, 5.41) is 0. The van der Waals surface area contributed by atoms with E-state index >= 15 is 0 Å². The average Bonchev–Trinajstić information content (AvgIpc) is 2.26. The highest BCUT2D eigenvalue weighted by atomic mass is 32.2. The third kappa shape index (κ3) is 3.87. The molecular weight excluding hydrogens is 220 g/mol. The molecule has 88 valence electrons. The maximum absolute atomic E-state index is 11.4. The van der Waals surface area contributed by atoms with Gasteiger partial charge in [0.15, 0.2) is 0 Å². The Labute approximate surface area is 101 Å². The minimum atomic E-state index is 0.0578. The van der Waals surface area contributed by atoms with Gasteiger partial charge in [-0.15, -0.1) is 11.8 Å². The molecule has 0 fully saturated rings. The zero-order chi connectivity index (χ0) is 12.1. The van der Waals surface area contributed by atoms with Gasteiger partial charge in [0.2, 0.25) is 5.91 Å². The van der Waals surface area contributed by atoms with Crippen molar-refractivity contribution in [3.8, 4) is 0 Å². The fraction of sp³-hybridized carbons (Fsp3) is 0.417. The lowest BCUT2D eigenvalue weighted by atomic mass is 10.1. The standard InChI is InChI=1S/C12H18N2OS/c1-9(13)10-4-6-11(7-5-10)16-8-12(15)14(2)3/h4-7,9H,8,13H2,1-3H3. The number of carbonyl (C=O) groups excluding carboxylic acids is 1. The van der Waals surface area contributed by atoms with Crippen molar-refractivity contribution in [3.05, 3.63) is 29.8 Å². The first-order valence-electron chi connectivity index (χ1n) is 5.19. The molecule has 4 heteroatoms. The third-order valence-electron chi connectivity index (χ3n) is 2.27. The van der Waals surface area contributed by atoms with Gasteiger partial charge in [0, 0.05) is 25.0 Å². The summed E-state index contributed by atoms with van der Waals surface area (Å²) >= 11 is 1.55. The summed E-state index contributed by atoms with van der Waals surface area (Å²) < 4.78 is 0. The van der Waals surface area contributed by atoms with E-state index < -0.39 is 0 Å². The lowest BCUT2D eigenvalue weighted by molar-refractivity contribution is -0.125. The second-order valence-corrected chi connectivity index (χ2v) is 4.98. The summed E-state index contributed by atoms with van der Waals surface area (Å²) in [5.74, 6) is 0.603. The summed E-state index contributed by atoms with van der Waals surface area (Å²) in [6.07, 6.45) is 0. The number of amides is 1. The lowest BCUT2D eigenvalue weighted by Crippen LogP contribution is -2.23. The number of benzene rings is 1. The molecule has 0 saturated carbocycles. The zero-order valence-electron chi connectivity index (χ0n) is 9.93. The van der Waals surface area contributed by atoms with Crippen LogP contribution < -0.4 is 5.73 Å². The summed E-state index contributed by atoms with van der Waals surface area (Å²) in [6.45, 7) is 1.96. The Balaban J connectivity index is 2.53. The van der Waals surface area contributed by atoms with Crippen molar-refractivity contribution in [1.29, 1.82) is 0 Å². The molecule has 1 rings (SSSR count). The van der Waals surface area contributed by atoms with Crippen LogP contribution in [0.1, 0.15) is 18.5 Å². The Kier molecular flexibility index (Phi) is 4.83. The topological polar surface area (TPSA) is 46.3 Å². The summed E-state index contributed by atoms with van der Waals surface area (Å²) in [7, 11) is 3.53. The summed E-state index contributed by atoms with van der Waals surface area (Å²) in [6, 6.07) is 8.08. The Morgan fingerprint density at radius 1 is 1.38 bits per heavy atom. The van der Waals surface area contributed by atoms with Gasteiger partial charge >= 0.3 is 0 Å². The smallest absolute Gasteiger partial charge is 0.232 e. The average molecular weight is 238 g/mol. The van der Waals surface area contributed by atoms with E-state index in [-0.39, 0.29) is 11.9 Å². The molecule has 0 aromatic heterocycles. The number of nitrogens with zero attached hydrogens (tertiary/aromatic N) is 1. The molecule has 1 unspecified atom stereocenters. The first-order chi connectivity index (χ1) is 7.50. The molecule has 1 aromatic rings. The molecule has 0 heterocycles. The van der Waals surface area contributed by atoms with Crippen molar-refractivity contribution in [2.24, 2.45) is 5.73 Å². The predicted octanol–water partition coefficient (Wildman–Crippen LogP) is 1.89. The predicted molar refractivity (Wildman–Crippen MR) is 68.5 cm³/mol. The minimum Gasteiger partial charge on any atom is -0.348 e. The highest BCUT2D eigenvalue weighted by Gasteiger charge is 2.05. The van der Waals surface area contributed by atoms with Crippen LogP contribution in [0.4, 0.5) is 0 Å². The van der Waals surface area contributed by atoms with Gasteiger partial charge in [-0.1, -0.05) is 12.1 Å². The number of rotatable bonds is 4. The van der Waals surface area contributed by atoms with E-state index in [1.807, 2.05) is 31.2 Å². The molecule has 0 saturated heterocycles. The van der Waals surface area contributed by atoms with Gasteiger partial charge in [-0.2, -0.15) is 0 Å². The zero-order valence-corrected chi connectivity index (χ0v) is 10.8. The van der Waals surface area contributed by atoms with E-state index in [9.17, 15) is 4.79 Å². The van der Waals surface area contributed by atoms with Crippen molar-refractivity contribution in [1.82, 2.24) is 4.90 Å². The van der Waals surface area contributed by atoms with Gasteiger partial charge in [-0.25, -0.2) is 0 Å². The molecule has 0 aliphatic carbocycles. The first-order valence-corrected chi connectivity index (χ1v) is 6.17. The summed E-state index contributed by atoms with van der Waals surface area (Å²) in [4.78, 5) is 14.1. The normalized spacial score (nSPS) is 12.2. The molecule has 1 atom stereocenters. The van der Waals surface area contributed by atoms with Crippen LogP contribution in [0, 0.1) is 0 Å².